The van der Waals surface area contributed by atoms with Gasteiger partial charge in [-0.3, -0.25) is 19.7 Å². The zero-order valence-corrected chi connectivity index (χ0v) is 10.8. The molecule has 8 nitrogen and oxygen atoms in total. The number of carboxylic acid groups (broad SMARTS) is 1. The fourth-order valence-corrected chi connectivity index (χ4v) is 1.49. The van der Waals surface area contributed by atoms with E-state index in [9.17, 15) is 19.7 Å². The molecule has 1 aromatic rings. The Balaban J connectivity index is 2.93. The van der Waals surface area contributed by atoms with Crippen LogP contribution < -0.4 is 10.1 Å². The van der Waals surface area contributed by atoms with E-state index in [2.05, 4.69) is 5.32 Å². The van der Waals surface area contributed by atoms with Crippen LogP contribution in [0.4, 0.5) is 5.69 Å². The van der Waals surface area contributed by atoms with Gasteiger partial charge in [-0.2, -0.15) is 0 Å². The van der Waals surface area contributed by atoms with Crippen LogP contribution in [-0.4, -0.2) is 35.1 Å². The molecule has 0 bridgehead atoms. The summed E-state index contributed by atoms with van der Waals surface area (Å²) in [5, 5.41) is 21.7. The molecule has 0 fully saturated rings. The average molecular weight is 282 g/mol. The highest BCUT2D eigenvalue weighted by Gasteiger charge is 2.21. The van der Waals surface area contributed by atoms with Crippen LogP contribution in [0.25, 0.3) is 0 Å². The molecule has 0 aromatic heterocycles. The summed E-state index contributed by atoms with van der Waals surface area (Å²) in [6.45, 7) is 2.00. The number of ether oxygens (including phenoxy) is 1. The number of amides is 1. The van der Waals surface area contributed by atoms with E-state index in [4.69, 9.17) is 9.84 Å². The third-order valence-electron chi connectivity index (χ3n) is 2.34. The number of nitro benzene ring substituents is 1. The van der Waals surface area contributed by atoms with Crippen molar-refractivity contribution in [2.24, 2.45) is 0 Å². The van der Waals surface area contributed by atoms with Crippen molar-refractivity contribution in [3.05, 3.63) is 33.9 Å². The Labute approximate surface area is 114 Å². The van der Waals surface area contributed by atoms with E-state index in [1.807, 2.05) is 0 Å². The van der Waals surface area contributed by atoms with Gasteiger partial charge in [0.1, 0.15) is 11.3 Å². The summed E-state index contributed by atoms with van der Waals surface area (Å²) in [4.78, 5) is 32.4. The van der Waals surface area contributed by atoms with E-state index in [1.165, 1.54) is 18.2 Å². The molecular weight excluding hydrogens is 268 g/mol. The molecule has 0 saturated carbocycles. The highest BCUT2D eigenvalue weighted by Crippen LogP contribution is 2.24. The minimum absolute atomic E-state index is 0.107. The van der Waals surface area contributed by atoms with Gasteiger partial charge in [0.15, 0.2) is 0 Å². The Morgan fingerprint density at radius 2 is 2.15 bits per heavy atom. The van der Waals surface area contributed by atoms with E-state index in [-0.39, 0.29) is 24.2 Å². The molecule has 0 aliphatic rings. The number of rotatable bonds is 7. The zero-order chi connectivity index (χ0) is 15.1. The second kappa shape index (κ2) is 7.07. The van der Waals surface area contributed by atoms with Crippen molar-refractivity contribution in [2.75, 3.05) is 13.2 Å². The molecule has 0 heterocycles. The topological polar surface area (TPSA) is 119 Å². The summed E-state index contributed by atoms with van der Waals surface area (Å²) in [6.07, 6.45) is -0.259. The van der Waals surface area contributed by atoms with Crippen LogP contribution >= 0.6 is 0 Å². The van der Waals surface area contributed by atoms with Gasteiger partial charge in [0, 0.05) is 12.6 Å². The molecule has 1 rings (SSSR count). The fraction of sp³-hybridized carbons (Fsp3) is 0.333. The van der Waals surface area contributed by atoms with E-state index in [0.29, 0.717) is 12.4 Å². The van der Waals surface area contributed by atoms with Gasteiger partial charge < -0.3 is 15.2 Å². The monoisotopic (exact) mass is 282 g/mol. The number of carbonyl (C=O) groups is 2. The van der Waals surface area contributed by atoms with Crippen molar-refractivity contribution < 1.29 is 24.4 Å². The normalized spacial score (nSPS) is 9.85. The molecule has 0 saturated heterocycles. The second-order valence-corrected chi connectivity index (χ2v) is 3.77. The molecule has 0 atom stereocenters. The van der Waals surface area contributed by atoms with Crippen LogP contribution in [0.1, 0.15) is 23.7 Å². The van der Waals surface area contributed by atoms with Crippen LogP contribution in [0.15, 0.2) is 18.2 Å². The van der Waals surface area contributed by atoms with Crippen LogP contribution in [-0.2, 0) is 4.79 Å². The first kappa shape index (κ1) is 15.4. The maximum Gasteiger partial charge on any atom is 0.305 e. The fourth-order valence-electron chi connectivity index (χ4n) is 1.49. The van der Waals surface area contributed by atoms with Crippen LogP contribution in [0.3, 0.4) is 0 Å². The molecule has 0 aliphatic carbocycles. The third kappa shape index (κ3) is 4.23. The molecule has 108 valence electrons. The molecule has 1 amide bonds. The van der Waals surface area contributed by atoms with Crippen molar-refractivity contribution >= 4 is 17.6 Å². The number of nitrogens with zero attached hydrogens (tertiary/aromatic N) is 1. The minimum atomic E-state index is -1.07. The molecule has 0 unspecified atom stereocenters. The molecule has 2 N–H and O–H groups in total. The van der Waals surface area contributed by atoms with Gasteiger partial charge in [-0.25, -0.2) is 0 Å². The molecule has 0 spiro atoms. The van der Waals surface area contributed by atoms with Crippen LogP contribution in [0, 0.1) is 10.1 Å². The summed E-state index contributed by atoms with van der Waals surface area (Å²) < 4.78 is 5.18. The molecular formula is C12H14N2O6. The second-order valence-electron chi connectivity index (χ2n) is 3.77. The number of hydrogen-bond donors (Lipinski definition) is 2. The first-order valence-corrected chi connectivity index (χ1v) is 5.87. The number of carbonyl (C=O) groups excluding carboxylic acids is 1. The van der Waals surface area contributed by atoms with E-state index >= 15 is 0 Å². The van der Waals surface area contributed by atoms with Gasteiger partial charge in [0.05, 0.1) is 18.0 Å². The minimum Gasteiger partial charge on any atom is -0.494 e. The largest absolute Gasteiger partial charge is 0.494 e. The van der Waals surface area contributed by atoms with Crippen molar-refractivity contribution in [1.29, 1.82) is 0 Å². The molecule has 1 aromatic carbocycles. The van der Waals surface area contributed by atoms with Gasteiger partial charge >= 0.3 is 5.97 Å². The number of nitrogens with one attached hydrogen (secondary N) is 1. The SMILES string of the molecule is CCOc1ccc([N+](=O)[O-])c(C(=O)NCCC(=O)O)c1. The third-order valence-corrected chi connectivity index (χ3v) is 2.34. The lowest BCUT2D eigenvalue weighted by molar-refractivity contribution is -0.385. The Kier molecular flexibility index (Phi) is 5.45. The number of carboxylic acids is 1. The number of hydrogen-bond acceptors (Lipinski definition) is 5. The summed E-state index contributed by atoms with van der Waals surface area (Å²) in [5.74, 6) is -1.44. The smallest absolute Gasteiger partial charge is 0.305 e. The first-order valence-electron chi connectivity index (χ1n) is 5.87. The Morgan fingerprint density at radius 1 is 1.45 bits per heavy atom. The molecule has 8 heteroatoms. The number of benzene rings is 1. The van der Waals surface area contributed by atoms with Crippen molar-refractivity contribution in [3.8, 4) is 5.75 Å². The summed E-state index contributed by atoms with van der Waals surface area (Å²) >= 11 is 0. The first-order chi connectivity index (χ1) is 9.45. The Bertz CT molecular complexity index is 529. The van der Waals surface area contributed by atoms with Gasteiger partial charge in [0.2, 0.25) is 0 Å². The van der Waals surface area contributed by atoms with Gasteiger partial charge in [-0.05, 0) is 19.1 Å². The lowest BCUT2D eigenvalue weighted by Crippen LogP contribution is -2.26. The van der Waals surface area contributed by atoms with Crippen molar-refractivity contribution in [2.45, 2.75) is 13.3 Å². The molecule has 20 heavy (non-hydrogen) atoms. The standard InChI is InChI=1S/C12H14N2O6/c1-2-20-8-3-4-10(14(18)19)9(7-8)12(17)13-6-5-11(15)16/h3-4,7H,2,5-6H2,1H3,(H,13,17)(H,15,16). The maximum absolute atomic E-state index is 11.8. The lowest BCUT2D eigenvalue weighted by Gasteiger charge is -2.07. The van der Waals surface area contributed by atoms with Crippen LogP contribution in [0.5, 0.6) is 5.75 Å². The molecule has 0 radical (unpaired) electrons. The predicted octanol–water partition coefficient (Wildman–Crippen LogP) is 1.20. The van der Waals surface area contributed by atoms with E-state index in [0.717, 1.165) is 0 Å². The quantitative estimate of drug-likeness (QED) is 0.573. The highest BCUT2D eigenvalue weighted by molar-refractivity contribution is 5.98. The van der Waals surface area contributed by atoms with Crippen molar-refractivity contribution in [3.63, 3.8) is 0 Å². The summed E-state index contributed by atoms with van der Waals surface area (Å²) in [5.41, 5.74) is -0.521. The van der Waals surface area contributed by atoms with E-state index in [1.54, 1.807) is 6.92 Å². The Morgan fingerprint density at radius 3 is 2.70 bits per heavy atom. The summed E-state index contributed by atoms with van der Waals surface area (Å²) in [6, 6.07) is 3.84. The predicted molar refractivity (Wildman–Crippen MR) is 68.9 cm³/mol. The van der Waals surface area contributed by atoms with Crippen molar-refractivity contribution in [1.82, 2.24) is 5.32 Å². The van der Waals surface area contributed by atoms with E-state index < -0.39 is 16.8 Å². The highest BCUT2D eigenvalue weighted by atomic mass is 16.6. The maximum atomic E-state index is 11.8. The Hall–Kier alpha value is -2.64. The molecule has 0 aliphatic heterocycles. The van der Waals surface area contributed by atoms with Crippen LogP contribution in [0.2, 0.25) is 0 Å². The van der Waals surface area contributed by atoms with Gasteiger partial charge in [0.25, 0.3) is 11.6 Å². The zero-order valence-electron chi connectivity index (χ0n) is 10.8. The number of nitro groups is 1. The lowest BCUT2D eigenvalue weighted by atomic mass is 10.1. The average Bonchev–Trinajstić information content (AvgIpc) is 2.38. The number of aliphatic carboxylic acids is 1. The summed E-state index contributed by atoms with van der Waals surface area (Å²) in [7, 11) is 0. The van der Waals surface area contributed by atoms with Gasteiger partial charge in [-0.15, -0.1) is 0 Å². The van der Waals surface area contributed by atoms with Gasteiger partial charge in [-0.1, -0.05) is 0 Å².